The Balaban J connectivity index is 0. The highest BCUT2D eigenvalue weighted by molar-refractivity contribution is 5.68. The summed E-state index contributed by atoms with van der Waals surface area (Å²) in [5.74, 6) is 0. The van der Waals surface area contributed by atoms with Gasteiger partial charge in [0.25, 0.3) is 0 Å². The Morgan fingerprint density at radius 3 is 1.54 bits per heavy atom. The molecule has 0 aliphatic carbocycles. The smallest absolute Gasteiger partial charge is 0.416 e. The second-order valence-electron chi connectivity index (χ2n) is 3.64. The number of halogens is 6. The van der Waals surface area contributed by atoms with Crippen molar-refractivity contribution in [3.63, 3.8) is 0 Å². The fourth-order valence-corrected chi connectivity index (χ4v) is 1.22. The molecule has 24 heavy (non-hydrogen) atoms. The minimum atomic E-state index is -4.75. The number of alkyl halides is 6. The Hall–Kier alpha value is -1.93. The number of amides is 1. The Morgan fingerprint density at radius 2 is 1.33 bits per heavy atom. The summed E-state index contributed by atoms with van der Waals surface area (Å²) in [5.41, 5.74) is -2.60. The lowest BCUT2D eigenvalue weighted by Crippen LogP contribution is -2.11. The van der Waals surface area contributed by atoms with Crippen molar-refractivity contribution >= 4 is 6.09 Å². The summed E-state index contributed by atoms with van der Waals surface area (Å²) in [6, 6.07) is 2.00. The summed E-state index contributed by atoms with van der Waals surface area (Å²) in [4.78, 5) is 9.91. The molecule has 9 heteroatoms. The van der Waals surface area contributed by atoms with Gasteiger partial charge in [-0.3, -0.25) is 0 Å². The number of ether oxygens (including phenoxy) is 1. The maximum atomic E-state index is 12.0. The normalized spacial score (nSPS) is 13.0. The molecule has 1 fully saturated rings. The Morgan fingerprint density at radius 1 is 0.917 bits per heavy atom. The van der Waals surface area contributed by atoms with Gasteiger partial charge in [0.05, 0.1) is 17.7 Å². The summed E-state index contributed by atoms with van der Waals surface area (Å²) in [5, 5.41) is 2.46. The summed E-state index contributed by atoms with van der Waals surface area (Å²) in [7, 11) is 0. The number of hydrogen-bond acceptors (Lipinski definition) is 2. The standard InChI is InChI=1S/C8H4F6.C3H5NO2.2C2H6/c9-7(10,11)5-2-1-3-6(4-5)8(12,13)14;5-3-4-1-2-6-3;2*1-2/h1-4H;1-2H2,(H,4,5);2*1-2H3. The third-order valence-electron chi connectivity index (χ3n) is 2.12. The molecule has 1 aromatic carbocycles. The fourth-order valence-electron chi connectivity index (χ4n) is 1.22. The third kappa shape index (κ3) is 9.96. The van der Waals surface area contributed by atoms with Crippen LogP contribution in [0.3, 0.4) is 0 Å². The van der Waals surface area contributed by atoms with Gasteiger partial charge >= 0.3 is 18.4 Å². The van der Waals surface area contributed by atoms with Crippen molar-refractivity contribution in [1.82, 2.24) is 5.32 Å². The Kier molecular flexibility index (Phi) is 11.7. The molecule has 0 saturated carbocycles. The monoisotopic (exact) mass is 361 g/mol. The Labute approximate surface area is 137 Å². The number of alkyl carbamates (subject to hydrolysis) is 1. The van der Waals surface area contributed by atoms with Gasteiger partial charge in [-0.05, 0) is 18.2 Å². The molecule has 3 nitrogen and oxygen atoms in total. The van der Waals surface area contributed by atoms with E-state index < -0.39 is 23.5 Å². The highest BCUT2D eigenvalue weighted by Gasteiger charge is 2.35. The number of hydrogen-bond donors (Lipinski definition) is 1. The van der Waals surface area contributed by atoms with Gasteiger partial charge in [0, 0.05) is 0 Å². The molecule has 0 bridgehead atoms. The van der Waals surface area contributed by atoms with E-state index in [1.807, 2.05) is 27.7 Å². The van der Waals surface area contributed by atoms with Crippen LogP contribution >= 0.6 is 0 Å². The van der Waals surface area contributed by atoms with Gasteiger partial charge in [0.1, 0.15) is 6.61 Å². The van der Waals surface area contributed by atoms with Crippen LogP contribution < -0.4 is 5.32 Å². The number of rotatable bonds is 0. The van der Waals surface area contributed by atoms with Crippen molar-refractivity contribution in [1.29, 1.82) is 0 Å². The van der Waals surface area contributed by atoms with Crippen molar-refractivity contribution in [2.45, 2.75) is 40.0 Å². The van der Waals surface area contributed by atoms with Crippen molar-refractivity contribution in [3.8, 4) is 0 Å². The van der Waals surface area contributed by atoms with Crippen LogP contribution in [-0.4, -0.2) is 19.2 Å². The molecule has 1 N–H and O–H groups in total. The summed E-state index contributed by atoms with van der Waals surface area (Å²) >= 11 is 0. The third-order valence-corrected chi connectivity index (χ3v) is 2.12. The predicted octanol–water partition coefficient (Wildman–Crippen LogP) is 5.50. The van der Waals surface area contributed by atoms with Gasteiger partial charge in [0.15, 0.2) is 0 Å². The van der Waals surface area contributed by atoms with Gasteiger partial charge in [-0.25, -0.2) is 4.79 Å². The van der Waals surface area contributed by atoms with Crippen LogP contribution in [0.1, 0.15) is 38.8 Å². The second-order valence-corrected chi connectivity index (χ2v) is 3.64. The largest absolute Gasteiger partial charge is 0.448 e. The number of carbonyl (C=O) groups excluding carboxylic acids is 1. The molecule has 1 aliphatic heterocycles. The zero-order chi connectivity index (χ0) is 19.4. The van der Waals surface area contributed by atoms with E-state index in [-0.39, 0.29) is 12.2 Å². The highest BCUT2D eigenvalue weighted by atomic mass is 19.4. The van der Waals surface area contributed by atoms with Crippen LogP contribution in [0.25, 0.3) is 0 Å². The van der Waals surface area contributed by atoms with E-state index in [0.29, 0.717) is 25.3 Å². The molecule has 140 valence electrons. The lowest BCUT2D eigenvalue weighted by Gasteiger charge is -2.10. The minimum absolute atomic E-state index is 0.0833. The molecule has 1 aromatic rings. The van der Waals surface area contributed by atoms with E-state index in [0.717, 1.165) is 6.07 Å². The molecule has 0 atom stereocenters. The molecular weight excluding hydrogens is 340 g/mol. The van der Waals surface area contributed by atoms with E-state index in [1.54, 1.807) is 0 Å². The molecule has 1 aliphatic rings. The quantitative estimate of drug-likeness (QED) is 0.620. The van der Waals surface area contributed by atoms with Crippen LogP contribution in [-0.2, 0) is 17.1 Å². The van der Waals surface area contributed by atoms with Gasteiger partial charge < -0.3 is 10.1 Å². The lowest BCUT2D eigenvalue weighted by atomic mass is 10.1. The summed E-state index contributed by atoms with van der Waals surface area (Å²) in [6.45, 7) is 9.19. The molecular formula is C15H21F6NO2. The average Bonchev–Trinajstić information content (AvgIpc) is 3.01. The summed E-state index contributed by atoms with van der Waals surface area (Å²) < 4.78 is 76.3. The zero-order valence-corrected chi connectivity index (χ0v) is 13.8. The van der Waals surface area contributed by atoms with Gasteiger partial charge in [-0.1, -0.05) is 33.8 Å². The lowest BCUT2D eigenvalue weighted by molar-refractivity contribution is -0.143. The highest BCUT2D eigenvalue weighted by Crippen LogP contribution is 2.34. The van der Waals surface area contributed by atoms with E-state index in [9.17, 15) is 31.1 Å². The predicted molar refractivity (Wildman–Crippen MR) is 78.5 cm³/mol. The average molecular weight is 361 g/mol. The molecule has 0 unspecified atom stereocenters. The van der Waals surface area contributed by atoms with Crippen LogP contribution in [0, 0.1) is 0 Å². The maximum Gasteiger partial charge on any atom is 0.416 e. The number of benzene rings is 1. The first-order chi connectivity index (χ1) is 11.1. The zero-order valence-electron chi connectivity index (χ0n) is 13.8. The van der Waals surface area contributed by atoms with E-state index in [4.69, 9.17) is 0 Å². The van der Waals surface area contributed by atoms with Crippen molar-refractivity contribution < 1.29 is 35.9 Å². The van der Waals surface area contributed by atoms with Gasteiger partial charge in [-0.2, -0.15) is 26.3 Å². The van der Waals surface area contributed by atoms with E-state index in [1.165, 1.54) is 0 Å². The number of nitrogens with one attached hydrogen (secondary N) is 1. The van der Waals surface area contributed by atoms with E-state index >= 15 is 0 Å². The SMILES string of the molecule is CC.CC.FC(F)(F)c1cccc(C(F)(F)F)c1.O=C1NCCO1. The molecule has 2 rings (SSSR count). The molecule has 1 heterocycles. The van der Waals surface area contributed by atoms with E-state index in [2.05, 4.69) is 10.1 Å². The van der Waals surface area contributed by atoms with Gasteiger partial charge in [-0.15, -0.1) is 0 Å². The summed E-state index contributed by atoms with van der Waals surface area (Å²) in [6.07, 6.45) is -9.79. The fraction of sp³-hybridized carbons (Fsp3) is 0.533. The van der Waals surface area contributed by atoms with Crippen LogP contribution in [0.4, 0.5) is 31.1 Å². The number of cyclic esters (lactones) is 1. The first-order valence-electron chi connectivity index (χ1n) is 7.26. The molecule has 1 saturated heterocycles. The second kappa shape index (κ2) is 11.6. The van der Waals surface area contributed by atoms with Crippen LogP contribution in [0.2, 0.25) is 0 Å². The van der Waals surface area contributed by atoms with Crippen LogP contribution in [0.5, 0.6) is 0 Å². The first-order valence-corrected chi connectivity index (χ1v) is 7.26. The molecule has 1 amide bonds. The van der Waals surface area contributed by atoms with Crippen molar-refractivity contribution in [2.24, 2.45) is 0 Å². The van der Waals surface area contributed by atoms with Crippen LogP contribution in [0.15, 0.2) is 24.3 Å². The Bertz CT molecular complexity index is 435. The minimum Gasteiger partial charge on any atom is -0.448 e. The topological polar surface area (TPSA) is 38.3 Å². The molecule has 0 radical (unpaired) electrons. The molecule has 0 aromatic heterocycles. The first kappa shape index (κ1) is 24.3. The van der Waals surface area contributed by atoms with Crippen molar-refractivity contribution in [2.75, 3.05) is 13.2 Å². The molecule has 0 spiro atoms. The number of carbonyl (C=O) groups is 1. The maximum absolute atomic E-state index is 12.0. The van der Waals surface area contributed by atoms with Gasteiger partial charge in [0.2, 0.25) is 0 Å². The van der Waals surface area contributed by atoms with Crippen molar-refractivity contribution in [3.05, 3.63) is 35.4 Å².